The zero-order chi connectivity index (χ0) is 13.4. The second-order valence-electron chi connectivity index (χ2n) is 3.90. The second kappa shape index (κ2) is 4.92. The van der Waals surface area contributed by atoms with E-state index in [1.54, 1.807) is 18.2 Å². The molecule has 3 aromatic heterocycles. The van der Waals surface area contributed by atoms with Crippen molar-refractivity contribution in [3.8, 4) is 0 Å². The highest BCUT2D eigenvalue weighted by Crippen LogP contribution is 2.18. The Morgan fingerprint density at radius 1 is 1.26 bits per heavy atom. The fraction of sp³-hybridized carbons (Fsp3) is 0.0833. The van der Waals surface area contributed by atoms with E-state index in [4.69, 9.17) is 23.2 Å². The van der Waals surface area contributed by atoms with Crippen molar-refractivity contribution in [1.29, 1.82) is 0 Å². The fourth-order valence-corrected chi connectivity index (χ4v) is 2.88. The number of hydrogen-bond donors (Lipinski definition) is 0. The first-order valence-electron chi connectivity index (χ1n) is 5.39. The number of rotatable bonds is 2. The number of nitrogens with zero attached hydrogens (tertiary/aromatic N) is 3. The van der Waals surface area contributed by atoms with Crippen LogP contribution < -0.4 is 5.56 Å². The highest BCUT2D eigenvalue weighted by molar-refractivity contribution is 7.16. The number of fused-ring (bicyclic) bond motifs is 1. The van der Waals surface area contributed by atoms with Crippen LogP contribution in [-0.2, 0) is 6.54 Å². The lowest BCUT2D eigenvalue weighted by Gasteiger charge is -2.06. The van der Waals surface area contributed by atoms with E-state index >= 15 is 0 Å². The summed E-state index contributed by atoms with van der Waals surface area (Å²) in [6, 6.07) is 5.17. The Kier molecular flexibility index (Phi) is 3.26. The molecule has 3 heterocycles. The molecule has 0 saturated heterocycles. The highest BCUT2D eigenvalue weighted by Gasteiger charge is 2.08. The third-order valence-corrected chi connectivity index (χ3v) is 4.04. The summed E-state index contributed by atoms with van der Waals surface area (Å²) < 4.78 is 1.51. The molecule has 3 aromatic rings. The van der Waals surface area contributed by atoms with Crippen LogP contribution in [0.2, 0.25) is 10.3 Å². The summed E-state index contributed by atoms with van der Waals surface area (Å²) in [5, 5.41) is 3.09. The van der Waals surface area contributed by atoms with Gasteiger partial charge in [-0.15, -0.1) is 11.3 Å². The monoisotopic (exact) mass is 311 g/mol. The van der Waals surface area contributed by atoms with E-state index in [1.807, 2.05) is 5.38 Å². The van der Waals surface area contributed by atoms with Gasteiger partial charge in [0.05, 0.1) is 18.3 Å². The Labute approximate surface area is 122 Å². The van der Waals surface area contributed by atoms with Crippen LogP contribution in [0.1, 0.15) is 5.56 Å². The van der Waals surface area contributed by atoms with Gasteiger partial charge in [0.2, 0.25) is 0 Å². The molecular formula is C12H7Cl2N3OS. The van der Waals surface area contributed by atoms with Gasteiger partial charge >= 0.3 is 0 Å². The molecule has 0 aliphatic carbocycles. The van der Waals surface area contributed by atoms with Gasteiger partial charge in [0.15, 0.2) is 0 Å². The molecule has 4 nitrogen and oxygen atoms in total. The minimum Gasteiger partial charge on any atom is -0.294 e. The summed E-state index contributed by atoms with van der Waals surface area (Å²) >= 11 is 13.2. The van der Waals surface area contributed by atoms with Crippen molar-refractivity contribution in [3.05, 3.63) is 56.1 Å². The van der Waals surface area contributed by atoms with Gasteiger partial charge in [-0.05, 0) is 17.5 Å². The quantitative estimate of drug-likeness (QED) is 0.683. The zero-order valence-corrected chi connectivity index (χ0v) is 11.8. The van der Waals surface area contributed by atoms with E-state index in [0.717, 1.165) is 10.4 Å². The van der Waals surface area contributed by atoms with Crippen molar-refractivity contribution in [1.82, 2.24) is 14.5 Å². The second-order valence-corrected chi connectivity index (χ2v) is 5.54. The molecule has 0 N–H and O–H groups in total. The van der Waals surface area contributed by atoms with Gasteiger partial charge in [0.25, 0.3) is 5.56 Å². The predicted octanol–water partition coefficient (Wildman–Crippen LogP) is 3.21. The minimum absolute atomic E-state index is 0.0859. The Balaban J connectivity index is 2.05. The highest BCUT2D eigenvalue weighted by atomic mass is 35.5. The summed E-state index contributed by atoms with van der Waals surface area (Å²) in [7, 11) is 0. The minimum atomic E-state index is -0.0859. The summed E-state index contributed by atoms with van der Waals surface area (Å²) in [6.07, 6.45) is 1.52. The van der Waals surface area contributed by atoms with Crippen molar-refractivity contribution in [2.75, 3.05) is 0 Å². The van der Waals surface area contributed by atoms with E-state index in [9.17, 15) is 4.79 Å². The van der Waals surface area contributed by atoms with Crippen LogP contribution in [0.4, 0.5) is 0 Å². The Morgan fingerprint density at radius 2 is 2.11 bits per heavy atom. The van der Waals surface area contributed by atoms with Crippen LogP contribution in [-0.4, -0.2) is 14.5 Å². The molecule has 0 bridgehead atoms. The lowest BCUT2D eigenvalue weighted by molar-refractivity contribution is 0.746. The van der Waals surface area contributed by atoms with E-state index in [2.05, 4.69) is 9.97 Å². The molecule has 0 unspecified atom stereocenters. The van der Waals surface area contributed by atoms with E-state index in [-0.39, 0.29) is 5.56 Å². The van der Waals surface area contributed by atoms with Gasteiger partial charge < -0.3 is 0 Å². The largest absolute Gasteiger partial charge is 0.294 e. The molecule has 0 atom stereocenters. The normalized spacial score (nSPS) is 11.1. The standard InChI is InChI=1S/C12H7Cl2N3OS/c13-9-2-1-7(10(14)16-9)5-17-6-15-11-8(12(17)18)3-4-19-11/h1-4,6H,5H2. The molecule has 0 radical (unpaired) electrons. The van der Waals surface area contributed by atoms with Crippen LogP contribution in [0.15, 0.2) is 34.7 Å². The van der Waals surface area contributed by atoms with Gasteiger partial charge in [0, 0.05) is 5.56 Å². The van der Waals surface area contributed by atoms with Crippen molar-refractivity contribution in [3.63, 3.8) is 0 Å². The zero-order valence-electron chi connectivity index (χ0n) is 9.51. The first kappa shape index (κ1) is 12.6. The summed E-state index contributed by atoms with van der Waals surface area (Å²) in [5.74, 6) is 0. The van der Waals surface area contributed by atoms with Crippen molar-refractivity contribution in [2.45, 2.75) is 6.54 Å². The number of halogens is 2. The van der Waals surface area contributed by atoms with E-state index in [0.29, 0.717) is 22.2 Å². The molecule has 0 amide bonds. The predicted molar refractivity (Wildman–Crippen MR) is 77.2 cm³/mol. The van der Waals surface area contributed by atoms with Crippen LogP contribution in [0.25, 0.3) is 10.2 Å². The van der Waals surface area contributed by atoms with Crippen LogP contribution in [0.5, 0.6) is 0 Å². The first-order chi connectivity index (χ1) is 9.15. The average molecular weight is 312 g/mol. The van der Waals surface area contributed by atoms with Gasteiger partial charge in [0.1, 0.15) is 15.1 Å². The maximum atomic E-state index is 12.2. The molecule has 0 aromatic carbocycles. The topological polar surface area (TPSA) is 47.8 Å². The van der Waals surface area contributed by atoms with Gasteiger partial charge in [-0.1, -0.05) is 29.3 Å². The van der Waals surface area contributed by atoms with Gasteiger partial charge in [-0.3, -0.25) is 9.36 Å². The molecule has 3 rings (SSSR count). The SMILES string of the molecule is O=c1c2ccsc2ncn1Cc1ccc(Cl)nc1Cl. The molecule has 0 saturated carbocycles. The Hall–Kier alpha value is -1.43. The molecule has 0 aliphatic rings. The van der Waals surface area contributed by atoms with E-state index < -0.39 is 0 Å². The molecule has 0 spiro atoms. The summed E-state index contributed by atoms with van der Waals surface area (Å²) in [4.78, 5) is 21.1. The fourth-order valence-electron chi connectivity index (χ4n) is 1.75. The Morgan fingerprint density at radius 3 is 2.89 bits per heavy atom. The molecule has 19 heavy (non-hydrogen) atoms. The number of pyridine rings is 1. The number of thiophene rings is 1. The summed E-state index contributed by atoms with van der Waals surface area (Å²) in [5.41, 5.74) is 0.641. The first-order valence-corrected chi connectivity index (χ1v) is 7.02. The lowest BCUT2D eigenvalue weighted by atomic mass is 10.3. The molecule has 7 heteroatoms. The summed E-state index contributed by atoms with van der Waals surface area (Å²) in [6.45, 7) is 0.320. The van der Waals surface area contributed by atoms with Gasteiger partial charge in [-0.2, -0.15) is 0 Å². The van der Waals surface area contributed by atoms with Crippen LogP contribution in [0.3, 0.4) is 0 Å². The number of hydrogen-bond acceptors (Lipinski definition) is 4. The maximum absolute atomic E-state index is 12.2. The van der Waals surface area contributed by atoms with Crippen LogP contribution >= 0.6 is 34.5 Å². The maximum Gasteiger partial charge on any atom is 0.262 e. The molecular weight excluding hydrogens is 305 g/mol. The number of aromatic nitrogens is 3. The van der Waals surface area contributed by atoms with Crippen molar-refractivity contribution < 1.29 is 0 Å². The van der Waals surface area contributed by atoms with Crippen molar-refractivity contribution in [2.24, 2.45) is 0 Å². The van der Waals surface area contributed by atoms with E-state index in [1.165, 1.54) is 22.2 Å². The molecule has 96 valence electrons. The third-order valence-electron chi connectivity index (χ3n) is 2.68. The lowest BCUT2D eigenvalue weighted by Crippen LogP contribution is -2.20. The van der Waals surface area contributed by atoms with Crippen molar-refractivity contribution >= 4 is 44.8 Å². The smallest absolute Gasteiger partial charge is 0.262 e. The molecule has 0 aliphatic heterocycles. The third kappa shape index (κ3) is 2.36. The molecule has 0 fully saturated rings. The van der Waals surface area contributed by atoms with Gasteiger partial charge in [-0.25, -0.2) is 9.97 Å². The Bertz CT molecular complexity index is 812. The van der Waals surface area contributed by atoms with Crippen LogP contribution in [0, 0.1) is 0 Å². The average Bonchev–Trinajstić information content (AvgIpc) is 2.85.